The Morgan fingerprint density at radius 3 is 2.66 bits per heavy atom. The SMILES string of the molecule is Nc1ccc2ncc(C(=O)Nc3ccc(C(=O)N4CCCOCC4)cc3)cc2c1. The molecule has 4 rings (SSSR count). The first-order valence-electron chi connectivity index (χ1n) is 9.54. The van der Waals surface area contributed by atoms with Gasteiger partial charge in [-0.05, 0) is 55.0 Å². The van der Waals surface area contributed by atoms with Gasteiger partial charge in [0.05, 0.1) is 17.7 Å². The van der Waals surface area contributed by atoms with E-state index in [1.807, 2.05) is 6.07 Å². The molecule has 1 aromatic heterocycles. The van der Waals surface area contributed by atoms with Crippen LogP contribution in [0.2, 0.25) is 0 Å². The average Bonchev–Trinajstić information content (AvgIpc) is 3.03. The van der Waals surface area contributed by atoms with Gasteiger partial charge in [0.15, 0.2) is 0 Å². The lowest BCUT2D eigenvalue weighted by Crippen LogP contribution is -2.33. The van der Waals surface area contributed by atoms with Crippen molar-refractivity contribution in [3.63, 3.8) is 0 Å². The van der Waals surface area contributed by atoms with E-state index in [1.54, 1.807) is 47.4 Å². The molecule has 7 nitrogen and oxygen atoms in total. The van der Waals surface area contributed by atoms with Crippen LogP contribution >= 0.6 is 0 Å². The molecule has 0 bridgehead atoms. The van der Waals surface area contributed by atoms with E-state index in [1.165, 1.54) is 6.20 Å². The number of aromatic nitrogens is 1. The normalized spacial score (nSPS) is 14.4. The molecular formula is C22H22N4O3. The van der Waals surface area contributed by atoms with Crippen LogP contribution in [-0.2, 0) is 4.74 Å². The van der Waals surface area contributed by atoms with E-state index in [0.29, 0.717) is 48.8 Å². The van der Waals surface area contributed by atoms with Gasteiger partial charge in [-0.1, -0.05) is 0 Å². The van der Waals surface area contributed by atoms with Crippen molar-refractivity contribution in [1.82, 2.24) is 9.88 Å². The van der Waals surface area contributed by atoms with Crippen molar-refractivity contribution in [1.29, 1.82) is 0 Å². The van der Waals surface area contributed by atoms with Crippen LogP contribution in [0.25, 0.3) is 10.9 Å². The molecule has 1 aliphatic rings. The predicted molar refractivity (Wildman–Crippen MR) is 112 cm³/mol. The highest BCUT2D eigenvalue weighted by Gasteiger charge is 2.17. The van der Waals surface area contributed by atoms with Crippen LogP contribution in [0.3, 0.4) is 0 Å². The standard InChI is InChI=1S/C22H22N4O3/c23-18-4-7-20-16(13-18)12-17(14-24-20)21(27)25-19-5-2-15(3-6-19)22(28)26-8-1-10-29-11-9-26/h2-7,12-14H,1,8-11,23H2,(H,25,27). The molecule has 0 atom stereocenters. The Labute approximate surface area is 168 Å². The smallest absolute Gasteiger partial charge is 0.257 e. The number of fused-ring (bicyclic) bond motifs is 1. The number of hydrogen-bond donors (Lipinski definition) is 2. The van der Waals surface area contributed by atoms with Crippen molar-refractivity contribution >= 4 is 34.1 Å². The summed E-state index contributed by atoms with van der Waals surface area (Å²) >= 11 is 0. The van der Waals surface area contributed by atoms with E-state index >= 15 is 0 Å². The summed E-state index contributed by atoms with van der Waals surface area (Å²) in [6.07, 6.45) is 2.37. The summed E-state index contributed by atoms with van der Waals surface area (Å²) in [5.74, 6) is -0.296. The third kappa shape index (κ3) is 4.35. The van der Waals surface area contributed by atoms with Gasteiger partial charge >= 0.3 is 0 Å². The Morgan fingerprint density at radius 1 is 1.00 bits per heavy atom. The van der Waals surface area contributed by atoms with Crippen molar-refractivity contribution in [2.24, 2.45) is 0 Å². The van der Waals surface area contributed by atoms with Gasteiger partial charge in [0, 0.05) is 48.2 Å². The van der Waals surface area contributed by atoms with E-state index in [9.17, 15) is 9.59 Å². The van der Waals surface area contributed by atoms with Gasteiger partial charge in [0.2, 0.25) is 0 Å². The molecule has 0 saturated carbocycles. The molecule has 0 unspecified atom stereocenters. The molecule has 2 aromatic carbocycles. The molecule has 1 saturated heterocycles. The van der Waals surface area contributed by atoms with Crippen molar-refractivity contribution in [3.05, 3.63) is 65.9 Å². The van der Waals surface area contributed by atoms with Crippen LogP contribution in [0.5, 0.6) is 0 Å². The van der Waals surface area contributed by atoms with Crippen LogP contribution in [0.4, 0.5) is 11.4 Å². The van der Waals surface area contributed by atoms with Gasteiger partial charge in [-0.3, -0.25) is 14.6 Å². The quantitative estimate of drug-likeness (QED) is 0.670. The molecule has 29 heavy (non-hydrogen) atoms. The summed E-state index contributed by atoms with van der Waals surface area (Å²) in [6.45, 7) is 2.53. The summed E-state index contributed by atoms with van der Waals surface area (Å²) in [4.78, 5) is 31.3. The second-order valence-corrected chi connectivity index (χ2v) is 6.97. The zero-order valence-corrected chi connectivity index (χ0v) is 15.9. The van der Waals surface area contributed by atoms with Gasteiger partial charge in [-0.15, -0.1) is 0 Å². The third-order valence-corrected chi connectivity index (χ3v) is 4.87. The molecule has 3 aromatic rings. The van der Waals surface area contributed by atoms with E-state index in [2.05, 4.69) is 10.3 Å². The molecule has 1 aliphatic heterocycles. The fourth-order valence-electron chi connectivity index (χ4n) is 3.31. The number of benzene rings is 2. The highest BCUT2D eigenvalue weighted by molar-refractivity contribution is 6.06. The summed E-state index contributed by atoms with van der Waals surface area (Å²) in [6, 6.07) is 14.0. The van der Waals surface area contributed by atoms with Gasteiger partial charge in [0.25, 0.3) is 11.8 Å². The minimum Gasteiger partial charge on any atom is -0.399 e. The van der Waals surface area contributed by atoms with Crippen LogP contribution in [0, 0.1) is 0 Å². The first-order valence-corrected chi connectivity index (χ1v) is 9.54. The lowest BCUT2D eigenvalue weighted by molar-refractivity contribution is 0.0741. The van der Waals surface area contributed by atoms with E-state index in [4.69, 9.17) is 10.5 Å². The summed E-state index contributed by atoms with van der Waals surface area (Å²) in [5.41, 5.74) is 8.84. The number of hydrogen-bond acceptors (Lipinski definition) is 5. The van der Waals surface area contributed by atoms with E-state index in [-0.39, 0.29) is 11.8 Å². The number of amides is 2. The Balaban J connectivity index is 1.45. The first kappa shape index (κ1) is 18.9. The number of nitrogens with zero attached hydrogens (tertiary/aromatic N) is 2. The molecule has 2 amide bonds. The van der Waals surface area contributed by atoms with Crippen molar-refractivity contribution in [2.45, 2.75) is 6.42 Å². The monoisotopic (exact) mass is 390 g/mol. The number of nitrogens with two attached hydrogens (primary N) is 1. The molecule has 7 heteroatoms. The van der Waals surface area contributed by atoms with Crippen LogP contribution in [-0.4, -0.2) is 48.0 Å². The fourth-order valence-corrected chi connectivity index (χ4v) is 3.31. The van der Waals surface area contributed by atoms with Crippen molar-refractivity contribution < 1.29 is 14.3 Å². The summed E-state index contributed by atoms with van der Waals surface area (Å²) in [5, 5.41) is 3.64. The van der Waals surface area contributed by atoms with E-state index in [0.717, 1.165) is 17.3 Å². The molecule has 2 heterocycles. The second-order valence-electron chi connectivity index (χ2n) is 6.97. The molecule has 148 valence electrons. The van der Waals surface area contributed by atoms with Gasteiger partial charge in [-0.2, -0.15) is 0 Å². The Hall–Kier alpha value is -3.45. The second kappa shape index (κ2) is 8.28. The van der Waals surface area contributed by atoms with Crippen LogP contribution in [0.1, 0.15) is 27.1 Å². The van der Waals surface area contributed by atoms with Gasteiger partial charge in [-0.25, -0.2) is 0 Å². The zero-order valence-electron chi connectivity index (χ0n) is 15.9. The number of anilines is 2. The Morgan fingerprint density at radius 2 is 1.83 bits per heavy atom. The Kier molecular flexibility index (Phi) is 5.39. The topological polar surface area (TPSA) is 97.5 Å². The lowest BCUT2D eigenvalue weighted by atomic mass is 10.1. The summed E-state index contributed by atoms with van der Waals surface area (Å²) in [7, 11) is 0. The molecule has 0 radical (unpaired) electrons. The largest absolute Gasteiger partial charge is 0.399 e. The van der Waals surface area contributed by atoms with Gasteiger partial charge in [0.1, 0.15) is 0 Å². The summed E-state index contributed by atoms with van der Waals surface area (Å²) < 4.78 is 5.40. The van der Waals surface area contributed by atoms with Crippen molar-refractivity contribution in [3.8, 4) is 0 Å². The molecule has 0 aliphatic carbocycles. The van der Waals surface area contributed by atoms with Crippen LogP contribution < -0.4 is 11.1 Å². The highest BCUT2D eigenvalue weighted by atomic mass is 16.5. The number of carbonyl (C=O) groups is 2. The van der Waals surface area contributed by atoms with Gasteiger partial charge < -0.3 is 20.7 Å². The van der Waals surface area contributed by atoms with Crippen molar-refractivity contribution in [2.75, 3.05) is 37.4 Å². The Bertz CT molecular complexity index is 1040. The number of rotatable bonds is 3. The third-order valence-electron chi connectivity index (χ3n) is 4.87. The minimum absolute atomic E-state index is 0.0234. The predicted octanol–water partition coefficient (Wildman–Crippen LogP) is 2.93. The maximum Gasteiger partial charge on any atom is 0.257 e. The minimum atomic E-state index is -0.273. The number of ether oxygens (including phenoxy) is 1. The van der Waals surface area contributed by atoms with Crippen LogP contribution in [0.15, 0.2) is 54.7 Å². The number of carbonyl (C=O) groups excluding carboxylic acids is 2. The number of nitrogens with one attached hydrogen (secondary N) is 1. The fraction of sp³-hybridized carbons (Fsp3) is 0.227. The number of pyridine rings is 1. The maximum absolute atomic E-state index is 12.6. The average molecular weight is 390 g/mol. The number of nitrogen functional groups attached to an aromatic ring is 1. The highest BCUT2D eigenvalue weighted by Crippen LogP contribution is 2.18. The first-order chi connectivity index (χ1) is 14.1. The maximum atomic E-state index is 12.6. The zero-order chi connectivity index (χ0) is 20.2. The molecular weight excluding hydrogens is 368 g/mol. The molecule has 1 fully saturated rings. The van der Waals surface area contributed by atoms with E-state index < -0.39 is 0 Å². The molecule has 3 N–H and O–H groups in total. The molecule has 0 spiro atoms. The lowest BCUT2D eigenvalue weighted by Gasteiger charge is -2.19.